The number of halogens is 3. The number of primary amides is 1. The van der Waals surface area contributed by atoms with E-state index in [0.717, 1.165) is 6.07 Å². The van der Waals surface area contributed by atoms with E-state index < -0.39 is 23.7 Å². The predicted octanol–water partition coefficient (Wildman–Crippen LogP) is 1.78. The average molecular weight is 247 g/mol. The van der Waals surface area contributed by atoms with Crippen molar-refractivity contribution in [2.45, 2.75) is 25.6 Å². The van der Waals surface area contributed by atoms with Gasteiger partial charge in [-0.2, -0.15) is 13.2 Å². The Morgan fingerprint density at radius 1 is 1.59 bits per heavy atom. The monoisotopic (exact) mass is 247 g/mol. The number of pyridine rings is 1. The molecule has 0 aliphatic carbocycles. The van der Waals surface area contributed by atoms with Crippen LogP contribution >= 0.6 is 0 Å². The van der Waals surface area contributed by atoms with E-state index in [1.165, 1.54) is 12.3 Å². The zero-order valence-electron chi connectivity index (χ0n) is 9.08. The van der Waals surface area contributed by atoms with Crippen molar-refractivity contribution in [3.8, 4) is 0 Å². The van der Waals surface area contributed by atoms with Gasteiger partial charge in [-0.15, -0.1) is 0 Å². The number of nitrogens with two attached hydrogens (primary N) is 1. The molecule has 94 valence electrons. The highest BCUT2D eigenvalue weighted by Crippen LogP contribution is 2.33. The van der Waals surface area contributed by atoms with E-state index in [-0.39, 0.29) is 12.2 Å². The van der Waals surface area contributed by atoms with E-state index in [9.17, 15) is 18.0 Å². The van der Waals surface area contributed by atoms with Crippen LogP contribution in [-0.2, 0) is 11.0 Å². The van der Waals surface area contributed by atoms with Gasteiger partial charge in [0.25, 0.3) is 0 Å². The summed E-state index contributed by atoms with van der Waals surface area (Å²) < 4.78 is 37.8. The number of amides is 1. The predicted molar refractivity (Wildman–Crippen MR) is 56.1 cm³/mol. The van der Waals surface area contributed by atoms with Crippen LogP contribution in [-0.4, -0.2) is 16.9 Å². The zero-order chi connectivity index (χ0) is 13.1. The first-order valence-electron chi connectivity index (χ1n) is 4.87. The normalized spacial score (nSPS) is 13.2. The number of carbonyl (C=O) groups excluding carboxylic acids is 1. The van der Waals surface area contributed by atoms with Gasteiger partial charge >= 0.3 is 6.18 Å². The van der Waals surface area contributed by atoms with Crippen molar-refractivity contribution in [2.24, 2.45) is 5.73 Å². The molecule has 1 aromatic rings. The largest absolute Gasteiger partial charge is 0.419 e. The van der Waals surface area contributed by atoms with Gasteiger partial charge in [-0.25, -0.2) is 4.98 Å². The quantitative estimate of drug-likeness (QED) is 0.852. The third-order valence-electron chi connectivity index (χ3n) is 2.00. The smallest absolute Gasteiger partial charge is 0.370 e. The maximum Gasteiger partial charge on any atom is 0.419 e. The third-order valence-corrected chi connectivity index (χ3v) is 2.00. The minimum Gasteiger partial charge on any atom is -0.370 e. The highest BCUT2D eigenvalue weighted by Gasteiger charge is 2.34. The molecule has 0 aliphatic heterocycles. The molecule has 4 nitrogen and oxygen atoms in total. The number of nitrogens with one attached hydrogen (secondary N) is 1. The Labute approximate surface area is 96.0 Å². The molecule has 3 N–H and O–H groups in total. The van der Waals surface area contributed by atoms with Crippen LogP contribution in [0.2, 0.25) is 0 Å². The van der Waals surface area contributed by atoms with Crippen molar-refractivity contribution in [3.05, 3.63) is 23.9 Å². The van der Waals surface area contributed by atoms with E-state index >= 15 is 0 Å². The van der Waals surface area contributed by atoms with E-state index in [2.05, 4.69) is 10.3 Å². The first kappa shape index (κ1) is 13.3. The molecule has 0 saturated heterocycles. The van der Waals surface area contributed by atoms with Gasteiger partial charge in [0.1, 0.15) is 5.82 Å². The van der Waals surface area contributed by atoms with E-state index in [4.69, 9.17) is 5.73 Å². The molecule has 1 heterocycles. The van der Waals surface area contributed by atoms with Crippen LogP contribution in [0.4, 0.5) is 19.0 Å². The summed E-state index contributed by atoms with van der Waals surface area (Å²) >= 11 is 0. The van der Waals surface area contributed by atoms with Gasteiger partial charge in [-0.05, 0) is 19.1 Å². The minimum absolute atomic E-state index is 0.0616. The number of rotatable bonds is 4. The highest BCUT2D eigenvalue weighted by atomic mass is 19.4. The van der Waals surface area contributed by atoms with Crippen LogP contribution in [0.1, 0.15) is 18.9 Å². The fraction of sp³-hybridized carbons (Fsp3) is 0.400. The summed E-state index contributed by atoms with van der Waals surface area (Å²) in [7, 11) is 0. The molecule has 1 atom stereocenters. The van der Waals surface area contributed by atoms with Crippen molar-refractivity contribution < 1.29 is 18.0 Å². The number of hydrogen-bond acceptors (Lipinski definition) is 3. The minimum atomic E-state index is -4.48. The van der Waals surface area contributed by atoms with E-state index in [1.54, 1.807) is 6.92 Å². The van der Waals surface area contributed by atoms with E-state index in [1.807, 2.05) is 0 Å². The Bertz CT molecular complexity index is 406. The van der Waals surface area contributed by atoms with Crippen molar-refractivity contribution in [3.63, 3.8) is 0 Å². The molecule has 1 amide bonds. The number of carbonyl (C=O) groups is 1. The van der Waals surface area contributed by atoms with Crippen LogP contribution < -0.4 is 11.1 Å². The lowest BCUT2D eigenvalue weighted by atomic mass is 10.2. The van der Waals surface area contributed by atoms with Gasteiger partial charge < -0.3 is 11.1 Å². The van der Waals surface area contributed by atoms with Gasteiger partial charge in [0.15, 0.2) is 0 Å². The molecule has 17 heavy (non-hydrogen) atoms. The second-order valence-electron chi connectivity index (χ2n) is 3.61. The van der Waals surface area contributed by atoms with Crippen molar-refractivity contribution in [1.82, 2.24) is 4.98 Å². The summed E-state index contributed by atoms with van der Waals surface area (Å²) in [5.41, 5.74) is 4.08. The molecule has 0 bridgehead atoms. The number of alkyl halides is 3. The fourth-order valence-corrected chi connectivity index (χ4v) is 1.34. The lowest BCUT2D eigenvalue weighted by Gasteiger charge is -2.17. The lowest BCUT2D eigenvalue weighted by molar-refractivity contribution is -0.137. The first-order valence-corrected chi connectivity index (χ1v) is 4.87. The summed E-state index contributed by atoms with van der Waals surface area (Å²) in [6, 6.07) is 1.61. The zero-order valence-corrected chi connectivity index (χ0v) is 9.08. The van der Waals surface area contributed by atoms with Gasteiger partial charge in [0.2, 0.25) is 5.91 Å². The highest BCUT2D eigenvalue weighted by molar-refractivity contribution is 5.74. The number of aromatic nitrogens is 1. The Kier molecular flexibility index (Phi) is 3.93. The van der Waals surface area contributed by atoms with E-state index in [0.29, 0.717) is 0 Å². The molecular formula is C10H12F3N3O. The molecule has 0 radical (unpaired) electrons. The average Bonchev–Trinajstić information content (AvgIpc) is 2.15. The second kappa shape index (κ2) is 5.03. The van der Waals surface area contributed by atoms with Crippen LogP contribution in [0.25, 0.3) is 0 Å². The van der Waals surface area contributed by atoms with Crippen LogP contribution in [0.15, 0.2) is 18.3 Å². The second-order valence-corrected chi connectivity index (χ2v) is 3.61. The van der Waals surface area contributed by atoms with Crippen LogP contribution in [0.3, 0.4) is 0 Å². The standard InChI is InChI=1S/C10H12F3N3O/c1-6(5-8(14)17)16-9-7(10(11,12)13)3-2-4-15-9/h2-4,6H,5H2,1H3,(H2,14,17)(H,15,16). The number of nitrogens with zero attached hydrogens (tertiary/aromatic N) is 1. The summed E-state index contributed by atoms with van der Waals surface area (Å²) in [5.74, 6) is -0.886. The van der Waals surface area contributed by atoms with Gasteiger partial charge in [0.05, 0.1) is 5.56 Å². The molecule has 1 rings (SSSR count). The molecule has 0 saturated carbocycles. The summed E-state index contributed by atoms with van der Waals surface area (Å²) in [6.45, 7) is 1.56. The van der Waals surface area contributed by atoms with Gasteiger partial charge in [-0.1, -0.05) is 0 Å². The first-order chi connectivity index (χ1) is 7.80. The van der Waals surface area contributed by atoms with Crippen LogP contribution in [0, 0.1) is 0 Å². The molecular weight excluding hydrogens is 235 g/mol. The van der Waals surface area contributed by atoms with Crippen molar-refractivity contribution in [2.75, 3.05) is 5.32 Å². The summed E-state index contributed by atoms with van der Waals surface area (Å²) in [4.78, 5) is 14.2. The van der Waals surface area contributed by atoms with Crippen LogP contribution in [0.5, 0.6) is 0 Å². The number of anilines is 1. The molecule has 0 aromatic carbocycles. The topological polar surface area (TPSA) is 68.0 Å². The molecule has 1 aromatic heterocycles. The number of hydrogen-bond donors (Lipinski definition) is 2. The summed E-state index contributed by atoms with van der Waals surface area (Å²) in [5, 5.41) is 2.52. The van der Waals surface area contributed by atoms with Crippen molar-refractivity contribution >= 4 is 11.7 Å². The molecule has 0 fully saturated rings. The molecule has 0 aliphatic rings. The summed E-state index contributed by atoms with van der Waals surface area (Å²) in [6.07, 6.45) is -3.30. The molecule has 1 unspecified atom stereocenters. The Morgan fingerprint density at radius 2 is 2.24 bits per heavy atom. The van der Waals surface area contributed by atoms with Gasteiger partial charge in [-0.3, -0.25) is 4.79 Å². The molecule has 0 spiro atoms. The maximum absolute atomic E-state index is 12.6. The van der Waals surface area contributed by atoms with Gasteiger partial charge in [0, 0.05) is 18.7 Å². The third kappa shape index (κ3) is 3.93. The van der Waals surface area contributed by atoms with Crippen molar-refractivity contribution in [1.29, 1.82) is 0 Å². The lowest BCUT2D eigenvalue weighted by Crippen LogP contribution is -2.25. The Balaban J connectivity index is 2.87. The SMILES string of the molecule is CC(CC(N)=O)Nc1ncccc1C(F)(F)F. The molecule has 7 heteroatoms. The Morgan fingerprint density at radius 3 is 2.76 bits per heavy atom. The Hall–Kier alpha value is -1.79. The maximum atomic E-state index is 12.6. The fourth-order valence-electron chi connectivity index (χ4n) is 1.34.